The van der Waals surface area contributed by atoms with Crippen LogP contribution in [0.2, 0.25) is 0 Å². The minimum absolute atomic E-state index is 0.114. The van der Waals surface area contributed by atoms with E-state index in [1.54, 1.807) is 0 Å². The highest BCUT2D eigenvalue weighted by Crippen LogP contribution is 2.07. The first-order valence-corrected chi connectivity index (χ1v) is 4.18. The Kier molecular flexibility index (Phi) is 3.05. The second-order valence-corrected chi connectivity index (χ2v) is 3.46. The Morgan fingerprint density at radius 1 is 1.58 bits per heavy atom. The molecule has 1 rings (SSSR count). The molecule has 1 unspecified atom stereocenters. The molecular formula is C8H15NO3. The molecule has 1 saturated heterocycles. The van der Waals surface area contributed by atoms with Crippen LogP contribution in [0, 0.1) is 5.92 Å². The molecule has 0 amide bonds. The van der Waals surface area contributed by atoms with E-state index in [0.717, 1.165) is 0 Å². The summed E-state index contributed by atoms with van der Waals surface area (Å²) in [5.74, 6) is -0.667. The Labute approximate surface area is 71.9 Å². The SMILES string of the molecule is CC(C)C(NC1COC1)C(=O)O. The number of hydrogen-bond donors (Lipinski definition) is 2. The van der Waals surface area contributed by atoms with Gasteiger partial charge in [0.15, 0.2) is 0 Å². The van der Waals surface area contributed by atoms with E-state index in [2.05, 4.69) is 5.32 Å². The molecule has 0 bridgehead atoms. The van der Waals surface area contributed by atoms with Crippen molar-refractivity contribution in [2.75, 3.05) is 13.2 Å². The van der Waals surface area contributed by atoms with Crippen LogP contribution < -0.4 is 5.32 Å². The first-order chi connectivity index (χ1) is 5.61. The lowest BCUT2D eigenvalue weighted by Gasteiger charge is -2.31. The average molecular weight is 173 g/mol. The first kappa shape index (κ1) is 9.48. The van der Waals surface area contributed by atoms with Gasteiger partial charge in [0.05, 0.1) is 19.3 Å². The summed E-state index contributed by atoms with van der Waals surface area (Å²) >= 11 is 0. The molecule has 70 valence electrons. The average Bonchev–Trinajstić information content (AvgIpc) is 1.82. The molecular weight excluding hydrogens is 158 g/mol. The van der Waals surface area contributed by atoms with Crippen molar-refractivity contribution < 1.29 is 14.6 Å². The highest BCUT2D eigenvalue weighted by molar-refractivity contribution is 5.73. The fourth-order valence-corrected chi connectivity index (χ4v) is 1.13. The van der Waals surface area contributed by atoms with E-state index in [1.807, 2.05) is 13.8 Å². The van der Waals surface area contributed by atoms with E-state index in [1.165, 1.54) is 0 Å². The molecule has 1 heterocycles. The summed E-state index contributed by atoms with van der Waals surface area (Å²) < 4.78 is 4.94. The van der Waals surface area contributed by atoms with Crippen molar-refractivity contribution in [3.05, 3.63) is 0 Å². The summed E-state index contributed by atoms with van der Waals surface area (Å²) in [4.78, 5) is 10.7. The molecule has 0 saturated carbocycles. The number of carbonyl (C=O) groups is 1. The molecule has 4 heteroatoms. The van der Waals surface area contributed by atoms with Crippen LogP contribution >= 0.6 is 0 Å². The Hall–Kier alpha value is -0.610. The largest absolute Gasteiger partial charge is 0.480 e. The van der Waals surface area contributed by atoms with E-state index in [0.29, 0.717) is 13.2 Å². The van der Waals surface area contributed by atoms with Crippen LogP contribution in [0.25, 0.3) is 0 Å². The van der Waals surface area contributed by atoms with E-state index in [4.69, 9.17) is 9.84 Å². The van der Waals surface area contributed by atoms with Crippen molar-refractivity contribution in [3.63, 3.8) is 0 Å². The summed E-state index contributed by atoms with van der Waals surface area (Å²) in [5.41, 5.74) is 0. The van der Waals surface area contributed by atoms with E-state index in [9.17, 15) is 4.79 Å². The maximum atomic E-state index is 10.7. The third kappa shape index (κ3) is 2.19. The first-order valence-electron chi connectivity index (χ1n) is 4.18. The van der Waals surface area contributed by atoms with Gasteiger partial charge in [-0.1, -0.05) is 13.8 Å². The fraction of sp³-hybridized carbons (Fsp3) is 0.875. The molecule has 0 aromatic heterocycles. The summed E-state index contributed by atoms with van der Waals surface area (Å²) in [7, 11) is 0. The molecule has 1 aliphatic heterocycles. The number of ether oxygens (including phenoxy) is 1. The molecule has 4 nitrogen and oxygen atoms in total. The van der Waals surface area contributed by atoms with Gasteiger partial charge in [0.25, 0.3) is 0 Å². The van der Waals surface area contributed by atoms with Gasteiger partial charge in [-0.3, -0.25) is 10.1 Å². The fourth-order valence-electron chi connectivity index (χ4n) is 1.13. The van der Waals surface area contributed by atoms with Gasteiger partial charge in [0, 0.05) is 0 Å². The van der Waals surface area contributed by atoms with Gasteiger partial charge in [0.2, 0.25) is 0 Å². The predicted octanol–water partition coefficient (Wildman–Crippen LogP) is 0.0840. The summed E-state index contributed by atoms with van der Waals surface area (Å²) in [6.45, 7) is 5.06. The van der Waals surface area contributed by atoms with Gasteiger partial charge >= 0.3 is 5.97 Å². The number of carboxylic acid groups (broad SMARTS) is 1. The smallest absolute Gasteiger partial charge is 0.320 e. The molecule has 0 aliphatic carbocycles. The maximum absolute atomic E-state index is 10.7. The zero-order valence-electron chi connectivity index (χ0n) is 7.41. The van der Waals surface area contributed by atoms with Crippen LogP contribution in [0.5, 0.6) is 0 Å². The minimum Gasteiger partial charge on any atom is -0.480 e. The van der Waals surface area contributed by atoms with Crippen molar-refractivity contribution in [1.29, 1.82) is 0 Å². The van der Waals surface area contributed by atoms with Gasteiger partial charge in [-0.15, -0.1) is 0 Å². The number of rotatable bonds is 4. The Balaban J connectivity index is 2.36. The standard InChI is InChI=1S/C8H15NO3/c1-5(2)7(8(10)11)9-6-3-12-4-6/h5-7,9H,3-4H2,1-2H3,(H,10,11). The highest BCUT2D eigenvalue weighted by Gasteiger charge is 2.27. The molecule has 1 atom stereocenters. The molecule has 2 N–H and O–H groups in total. The molecule has 1 fully saturated rings. The molecule has 0 aromatic rings. The third-order valence-corrected chi connectivity index (χ3v) is 1.99. The van der Waals surface area contributed by atoms with Gasteiger partial charge in [0.1, 0.15) is 6.04 Å². The second kappa shape index (κ2) is 3.87. The van der Waals surface area contributed by atoms with Crippen molar-refractivity contribution in [2.45, 2.75) is 25.9 Å². The van der Waals surface area contributed by atoms with Crippen LogP contribution in [0.3, 0.4) is 0 Å². The van der Waals surface area contributed by atoms with Gasteiger partial charge in [-0.2, -0.15) is 0 Å². The van der Waals surface area contributed by atoms with E-state index >= 15 is 0 Å². The second-order valence-electron chi connectivity index (χ2n) is 3.46. The van der Waals surface area contributed by atoms with Gasteiger partial charge < -0.3 is 9.84 Å². The number of nitrogens with one attached hydrogen (secondary N) is 1. The lowest BCUT2D eigenvalue weighted by Crippen LogP contribution is -2.54. The number of carboxylic acids is 1. The third-order valence-electron chi connectivity index (χ3n) is 1.99. The Bertz CT molecular complexity index is 166. The number of hydrogen-bond acceptors (Lipinski definition) is 3. The highest BCUT2D eigenvalue weighted by atomic mass is 16.5. The van der Waals surface area contributed by atoms with Crippen molar-refractivity contribution >= 4 is 5.97 Å². The lowest BCUT2D eigenvalue weighted by molar-refractivity contribution is -0.142. The van der Waals surface area contributed by atoms with Crippen LogP contribution in [0.1, 0.15) is 13.8 Å². The quantitative estimate of drug-likeness (QED) is 0.632. The van der Waals surface area contributed by atoms with E-state index in [-0.39, 0.29) is 12.0 Å². The van der Waals surface area contributed by atoms with Crippen LogP contribution in [0.4, 0.5) is 0 Å². The molecule has 0 radical (unpaired) electrons. The van der Waals surface area contributed by atoms with Crippen LogP contribution in [-0.2, 0) is 9.53 Å². The predicted molar refractivity (Wildman–Crippen MR) is 44.0 cm³/mol. The molecule has 1 aliphatic rings. The van der Waals surface area contributed by atoms with Crippen LogP contribution in [-0.4, -0.2) is 36.4 Å². The topological polar surface area (TPSA) is 58.6 Å². The monoisotopic (exact) mass is 173 g/mol. The normalized spacial score (nSPS) is 20.6. The van der Waals surface area contributed by atoms with Crippen molar-refractivity contribution in [2.24, 2.45) is 5.92 Å². The summed E-state index contributed by atoms with van der Waals surface area (Å²) in [5, 5.41) is 11.8. The zero-order chi connectivity index (χ0) is 9.14. The molecule has 0 aromatic carbocycles. The van der Waals surface area contributed by atoms with E-state index < -0.39 is 12.0 Å². The number of aliphatic carboxylic acids is 1. The lowest BCUT2D eigenvalue weighted by atomic mass is 10.0. The maximum Gasteiger partial charge on any atom is 0.320 e. The molecule has 12 heavy (non-hydrogen) atoms. The summed E-state index contributed by atoms with van der Waals surface area (Å²) in [6, 6.07) is -0.215. The van der Waals surface area contributed by atoms with Crippen molar-refractivity contribution in [3.8, 4) is 0 Å². The Morgan fingerprint density at radius 2 is 2.17 bits per heavy atom. The van der Waals surface area contributed by atoms with Crippen LogP contribution in [0.15, 0.2) is 0 Å². The van der Waals surface area contributed by atoms with Gasteiger partial charge in [-0.05, 0) is 5.92 Å². The minimum atomic E-state index is -0.781. The van der Waals surface area contributed by atoms with Gasteiger partial charge in [-0.25, -0.2) is 0 Å². The molecule has 0 spiro atoms. The summed E-state index contributed by atoms with van der Waals surface area (Å²) in [6.07, 6.45) is 0. The van der Waals surface area contributed by atoms with Crippen molar-refractivity contribution in [1.82, 2.24) is 5.32 Å². The Morgan fingerprint density at radius 3 is 2.42 bits per heavy atom. The zero-order valence-corrected chi connectivity index (χ0v) is 7.41.